The summed E-state index contributed by atoms with van der Waals surface area (Å²) in [5, 5.41) is 0. The number of benzene rings is 1. The molecule has 0 aliphatic rings. The fraction of sp³-hybridized carbons (Fsp3) is 0.500. The fourth-order valence-electron chi connectivity index (χ4n) is 1.99. The maximum absolute atomic E-state index is 12.4. The summed E-state index contributed by atoms with van der Waals surface area (Å²) < 4.78 is 46.8. The molecule has 0 fully saturated rings. The van der Waals surface area contributed by atoms with Gasteiger partial charge in [0.2, 0.25) is 0 Å². The van der Waals surface area contributed by atoms with Gasteiger partial charge in [0.25, 0.3) is 0 Å². The van der Waals surface area contributed by atoms with Crippen molar-refractivity contribution in [2.45, 2.75) is 25.1 Å². The van der Waals surface area contributed by atoms with Crippen molar-refractivity contribution in [2.75, 3.05) is 14.2 Å². The molecule has 0 radical (unpaired) electrons. The zero-order chi connectivity index (χ0) is 16.0. The Labute approximate surface area is 121 Å². The van der Waals surface area contributed by atoms with E-state index in [-0.39, 0.29) is 6.42 Å². The molecule has 2 atom stereocenters. The van der Waals surface area contributed by atoms with Crippen LogP contribution in [-0.4, -0.2) is 32.4 Å². The van der Waals surface area contributed by atoms with Gasteiger partial charge in [-0.25, -0.2) is 0 Å². The summed E-state index contributed by atoms with van der Waals surface area (Å²) in [6.07, 6.45) is -5.58. The fourth-order valence-corrected chi connectivity index (χ4v) is 1.99. The first-order chi connectivity index (χ1) is 9.76. The van der Waals surface area contributed by atoms with Crippen LogP contribution in [0.3, 0.4) is 0 Å². The molecule has 0 aromatic heterocycles. The molecule has 4 nitrogen and oxygen atoms in total. The molecule has 1 rings (SSSR count). The van der Waals surface area contributed by atoms with Crippen molar-refractivity contribution in [1.82, 2.24) is 0 Å². The number of nitrogens with two attached hydrogens (primary N) is 1. The molecular weight excluding hydrogens is 287 g/mol. The molecule has 21 heavy (non-hydrogen) atoms. The average Bonchev–Trinajstić information content (AvgIpc) is 2.42. The molecule has 7 heteroatoms. The van der Waals surface area contributed by atoms with Gasteiger partial charge >= 0.3 is 12.1 Å². The first-order valence-corrected chi connectivity index (χ1v) is 6.30. The van der Waals surface area contributed by atoms with E-state index in [1.165, 1.54) is 7.11 Å². The molecule has 0 aliphatic heterocycles. The van der Waals surface area contributed by atoms with Gasteiger partial charge in [0.15, 0.2) is 0 Å². The van der Waals surface area contributed by atoms with E-state index in [9.17, 15) is 18.0 Å². The maximum Gasteiger partial charge on any atom is 0.390 e. The van der Waals surface area contributed by atoms with Crippen LogP contribution >= 0.6 is 0 Å². The van der Waals surface area contributed by atoms with Crippen molar-refractivity contribution < 1.29 is 27.4 Å². The first kappa shape index (κ1) is 17.3. The molecule has 0 saturated heterocycles. The number of rotatable bonds is 6. The van der Waals surface area contributed by atoms with Gasteiger partial charge in [-0.3, -0.25) is 4.79 Å². The summed E-state index contributed by atoms with van der Waals surface area (Å²) >= 11 is 0. The number of hydrogen-bond donors (Lipinski definition) is 1. The van der Waals surface area contributed by atoms with E-state index in [4.69, 9.17) is 10.5 Å². The smallest absolute Gasteiger partial charge is 0.390 e. The van der Waals surface area contributed by atoms with E-state index in [1.54, 1.807) is 24.3 Å². The number of alkyl halides is 3. The summed E-state index contributed by atoms with van der Waals surface area (Å²) in [6.45, 7) is 0. The number of ether oxygens (including phenoxy) is 2. The van der Waals surface area contributed by atoms with Crippen molar-refractivity contribution in [3.8, 4) is 5.75 Å². The van der Waals surface area contributed by atoms with Crippen LogP contribution in [0.5, 0.6) is 5.75 Å². The Morgan fingerprint density at radius 1 is 1.24 bits per heavy atom. The third-order valence-electron chi connectivity index (χ3n) is 3.10. The molecule has 2 unspecified atom stereocenters. The van der Waals surface area contributed by atoms with Crippen molar-refractivity contribution in [3.05, 3.63) is 29.8 Å². The van der Waals surface area contributed by atoms with Gasteiger partial charge in [-0.1, -0.05) is 12.1 Å². The molecule has 1 aromatic rings. The van der Waals surface area contributed by atoms with E-state index in [1.807, 2.05) is 0 Å². The van der Waals surface area contributed by atoms with Gasteiger partial charge in [0.1, 0.15) is 5.75 Å². The third-order valence-corrected chi connectivity index (χ3v) is 3.10. The molecule has 1 aromatic carbocycles. The largest absolute Gasteiger partial charge is 0.497 e. The highest BCUT2D eigenvalue weighted by molar-refractivity contribution is 5.73. The second-order valence-electron chi connectivity index (χ2n) is 4.67. The Morgan fingerprint density at radius 3 is 2.24 bits per heavy atom. The zero-order valence-corrected chi connectivity index (χ0v) is 11.8. The van der Waals surface area contributed by atoms with Crippen molar-refractivity contribution in [3.63, 3.8) is 0 Å². The molecule has 0 amide bonds. The van der Waals surface area contributed by atoms with Crippen LogP contribution in [0.25, 0.3) is 0 Å². The Morgan fingerprint density at radius 2 is 1.81 bits per heavy atom. The molecule has 0 spiro atoms. The van der Waals surface area contributed by atoms with Crippen molar-refractivity contribution in [2.24, 2.45) is 11.7 Å². The quantitative estimate of drug-likeness (QED) is 0.819. The van der Waals surface area contributed by atoms with E-state index in [0.29, 0.717) is 11.3 Å². The van der Waals surface area contributed by atoms with E-state index in [2.05, 4.69) is 4.74 Å². The minimum Gasteiger partial charge on any atom is -0.497 e. The lowest BCUT2D eigenvalue weighted by Crippen LogP contribution is -2.40. The number of carbonyl (C=O) groups is 1. The second-order valence-corrected chi connectivity index (χ2v) is 4.67. The van der Waals surface area contributed by atoms with Crippen LogP contribution in [0.2, 0.25) is 0 Å². The lowest BCUT2D eigenvalue weighted by Gasteiger charge is -2.22. The molecule has 118 valence electrons. The minimum atomic E-state index is -4.43. The van der Waals surface area contributed by atoms with E-state index < -0.39 is 30.5 Å². The molecule has 0 aliphatic carbocycles. The Bertz CT molecular complexity index is 460. The topological polar surface area (TPSA) is 61.5 Å². The van der Waals surface area contributed by atoms with Crippen LogP contribution in [0.15, 0.2) is 24.3 Å². The number of carbonyl (C=O) groups excluding carboxylic acids is 1. The molecule has 0 bridgehead atoms. The van der Waals surface area contributed by atoms with Gasteiger partial charge in [0.05, 0.1) is 26.6 Å². The predicted molar refractivity (Wildman–Crippen MR) is 70.9 cm³/mol. The van der Waals surface area contributed by atoms with Crippen LogP contribution in [0, 0.1) is 5.92 Å². The monoisotopic (exact) mass is 305 g/mol. The standard InChI is InChI=1S/C14H18F3NO3/c1-20-10-5-3-9(4-6-10)7-11(13(19)21-2)12(18)8-14(15,16)17/h3-6,11-12H,7-8,18H2,1-2H3. The van der Waals surface area contributed by atoms with Crippen LogP contribution in [0.1, 0.15) is 12.0 Å². The van der Waals surface area contributed by atoms with Gasteiger partial charge in [-0.05, 0) is 24.1 Å². The average molecular weight is 305 g/mol. The van der Waals surface area contributed by atoms with Gasteiger partial charge in [-0.2, -0.15) is 13.2 Å². The van der Waals surface area contributed by atoms with Crippen LogP contribution in [-0.2, 0) is 16.0 Å². The highest BCUT2D eigenvalue weighted by atomic mass is 19.4. The highest BCUT2D eigenvalue weighted by Gasteiger charge is 2.37. The predicted octanol–water partition coefficient (Wildman–Crippen LogP) is 2.31. The normalized spacial score (nSPS) is 14.4. The molecule has 0 saturated carbocycles. The van der Waals surface area contributed by atoms with Gasteiger partial charge in [-0.15, -0.1) is 0 Å². The summed E-state index contributed by atoms with van der Waals surface area (Å²) in [7, 11) is 2.63. The lowest BCUT2D eigenvalue weighted by atomic mass is 9.90. The van der Waals surface area contributed by atoms with Crippen LogP contribution in [0.4, 0.5) is 13.2 Å². The number of hydrogen-bond acceptors (Lipinski definition) is 4. The Kier molecular flexibility index (Phi) is 6.02. The second kappa shape index (κ2) is 7.31. The minimum absolute atomic E-state index is 0.0773. The molecular formula is C14H18F3NO3. The van der Waals surface area contributed by atoms with Crippen LogP contribution < -0.4 is 10.5 Å². The SMILES string of the molecule is COC(=O)C(Cc1ccc(OC)cc1)C(N)CC(F)(F)F. The number of halogens is 3. The maximum atomic E-state index is 12.4. The van der Waals surface area contributed by atoms with Gasteiger partial charge < -0.3 is 15.2 Å². The van der Waals surface area contributed by atoms with E-state index >= 15 is 0 Å². The summed E-state index contributed by atoms with van der Waals surface area (Å²) in [5.41, 5.74) is 6.22. The zero-order valence-electron chi connectivity index (χ0n) is 11.8. The summed E-state index contributed by atoms with van der Waals surface area (Å²) in [5.74, 6) is -1.18. The highest BCUT2D eigenvalue weighted by Crippen LogP contribution is 2.26. The van der Waals surface area contributed by atoms with Crippen molar-refractivity contribution >= 4 is 5.97 Å². The number of methoxy groups -OCH3 is 2. The Balaban J connectivity index is 2.84. The third kappa shape index (κ3) is 5.63. The molecule has 2 N–H and O–H groups in total. The van der Waals surface area contributed by atoms with E-state index in [0.717, 1.165) is 7.11 Å². The lowest BCUT2D eigenvalue weighted by molar-refractivity contribution is -0.153. The summed E-state index contributed by atoms with van der Waals surface area (Å²) in [6, 6.07) is 5.33. The Hall–Kier alpha value is -1.76. The number of esters is 1. The molecule has 0 heterocycles. The van der Waals surface area contributed by atoms with Gasteiger partial charge in [0, 0.05) is 6.04 Å². The summed E-state index contributed by atoms with van der Waals surface area (Å²) in [4.78, 5) is 11.7. The first-order valence-electron chi connectivity index (χ1n) is 6.30. The van der Waals surface area contributed by atoms with Crippen molar-refractivity contribution in [1.29, 1.82) is 0 Å².